The smallest absolute Gasteiger partial charge is 0.410 e. The molecule has 2 saturated heterocycles. The number of likely N-dealkylation sites (tertiary alicyclic amines) is 1. The maximum atomic E-state index is 15.4. The van der Waals surface area contributed by atoms with Gasteiger partial charge in [0.1, 0.15) is 16.9 Å². The standard InChI is InChI=1S/C23H26BrFN4O3S/c1-5-33-20-26-18-15(11-9-31-10-12(11)16(24)17(18)25)19(27-20)29-13-6-7-23(13)14(29)8-28(23)21(30)32-22(2,3)4/h13-14H,5-10H2,1-4H3. The van der Waals surface area contributed by atoms with Gasteiger partial charge in [-0.25, -0.2) is 19.2 Å². The van der Waals surface area contributed by atoms with Gasteiger partial charge in [-0.15, -0.1) is 0 Å². The number of piperazine rings is 1. The van der Waals surface area contributed by atoms with Crippen LogP contribution in [0.25, 0.3) is 10.9 Å². The van der Waals surface area contributed by atoms with Crippen LogP contribution in [0.2, 0.25) is 0 Å². The van der Waals surface area contributed by atoms with Gasteiger partial charge in [-0.05, 0) is 60.9 Å². The molecule has 3 unspecified atom stereocenters. The van der Waals surface area contributed by atoms with Crippen molar-refractivity contribution < 1.29 is 18.7 Å². The number of fused-ring (bicyclic) bond motifs is 3. The quantitative estimate of drug-likeness (QED) is 0.403. The molecule has 7 nitrogen and oxygen atoms in total. The molecule has 2 aromatic rings. The normalized spacial score (nSPS) is 27.3. The Balaban J connectivity index is 1.43. The molecule has 1 aromatic heterocycles. The summed E-state index contributed by atoms with van der Waals surface area (Å²) in [6.07, 6.45) is 1.68. The maximum absolute atomic E-state index is 15.4. The van der Waals surface area contributed by atoms with Gasteiger partial charge in [0.2, 0.25) is 0 Å². The molecule has 0 bridgehead atoms. The minimum Gasteiger partial charge on any atom is -0.444 e. The number of piperidine rings is 1. The predicted molar refractivity (Wildman–Crippen MR) is 127 cm³/mol. The number of aromatic nitrogens is 2. The molecule has 1 spiro atoms. The number of rotatable bonds is 3. The third-order valence-electron chi connectivity index (χ3n) is 7.33. The van der Waals surface area contributed by atoms with Crippen LogP contribution >= 0.6 is 27.7 Å². The molecular formula is C23H26BrFN4O3S. The van der Waals surface area contributed by atoms with E-state index in [4.69, 9.17) is 14.5 Å². The molecule has 3 fully saturated rings. The van der Waals surface area contributed by atoms with Gasteiger partial charge in [0.15, 0.2) is 11.0 Å². The molecule has 0 N–H and O–H groups in total. The van der Waals surface area contributed by atoms with E-state index in [-0.39, 0.29) is 29.5 Å². The summed E-state index contributed by atoms with van der Waals surface area (Å²) in [7, 11) is 0. The van der Waals surface area contributed by atoms with Crippen LogP contribution in [0.3, 0.4) is 0 Å². The Morgan fingerprint density at radius 1 is 1.30 bits per heavy atom. The number of benzene rings is 1. The average molecular weight is 537 g/mol. The zero-order valence-electron chi connectivity index (χ0n) is 19.1. The second-order valence-corrected chi connectivity index (χ2v) is 12.1. The highest BCUT2D eigenvalue weighted by molar-refractivity contribution is 9.10. The molecule has 1 amide bonds. The van der Waals surface area contributed by atoms with E-state index in [1.807, 2.05) is 32.6 Å². The van der Waals surface area contributed by atoms with Crippen LogP contribution in [0.4, 0.5) is 15.0 Å². The summed E-state index contributed by atoms with van der Waals surface area (Å²) in [5.74, 6) is 1.21. The third-order valence-corrected chi connectivity index (χ3v) is 8.88. The molecule has 0 radical (unpaired) electrons. The van der Waals surface area contributed by atoms with Crippen molar-refractivity contribution in [1.82, 2.24) is 14.9 Å². The van der Waals surface area contributed by atoms with Crippen LogP contribution in [0.15, 0.2) is 9.63 Å². The summed E-state index contributed by atoms with van der Waals surface area (Å²) in [6, 6.07) is 0.317. The fourth-order valence-electron chi connectivity index (χ4n) is 5.87. The van der Waals surface area contributed by atoms with E-state index in [1.54, 1.807) is 0 Å². The first kappa shape index (κ1) is 21.9. The van der Waals surface area contributed by atoms with Crippen molar-refractivity contribution in [2.75, 3.05) is 17.2 Å². The maximum Gasteiger partial charge on any atom is 0.410 e. The summed E-state index contributed by atoms with van der Waals surface area (Å²) in [4.78, 5) is 26.5. The number of carbonyl (C=O) groups excluding carboxylic acids is 1. The molecule has 33 heavy (non-hydrogen) atoms. The predicted octanol–water partition coefficient (Wildman–Crippen LogP) is 5.01. The highest BCUT2D eigenvalue weighted by Crippen LogP contribution is 2.62. The van der Waals surface area contributed by atoms with Crippen molar-refractivity contribution in [3.05, 3.63) is 21.4 Å². The summed E-state index contributed by atoms with van der Waals surface area (Å²) >= 11 is 4.93. The van der Waals surface area contributed by atoms with Gasteiger partial charge in [0, 0.05) is 12.1 Å². The Labute approximate surface area is 204 Å². The van der Waals surface area contributed by atoms with Crippen molar-refractivity contribution in [3.8, 4) is 0 Å². The van der Waals surface area contributed by atoms with Crippen LogP contribution in [-0.2, 0) is 22.7 Å². The number of ether oxygens (including phenoxy) is 2. The first-order valence-corrected chi connectivity index (χ1v) is 13.1. The first-order chi connectivity index (χ1) is 15.7. The van der Waals surface area contributed by atoms with Gasteiger partial charge >= 0.3 is 6.09 Å². The van der Waals surface area contributed by atoms with Gasteiger partial charge in [-0.2, -0.15) is 0 Å². The summed E-state index contributed by atoms with van der Waals surface area (Å²) in [6.45, 7) is 9.08. The van der Waals surface area contributed by atoms with E-state index in [2.05, 4.69) is 25.8 Å². The lowest BCUT2D eigenvalue weighted by Crippen LogP contribution is -2.97. The van der Waals surface area contributed by atoms with Gasteiger partial charge in [-0.1, -0.05) is 18.7 Å². The van der Waals surface area contributed by atoms with Crippen molar-refractivity contribution in [1.29, 1.82) is 0 Å². The lowest BCUT2D eigenvalue weighted by atomic mass is 9.52. The van der Waals surface area contributed by atoms with Crippen LogP contribution in [0.1, 0.15) is 51.7 Å². The van der Waals surface area contributed by atoms with Gasteiger partial charge < -0.3 is 14.4 Å². The molecule has 1 saturated carbocycles. The van der Waals surface area contributed by atoms with E-state index in [9.17, 15) is 4.79 Å². The number of thioether (sulfide) groups is 1. The van der Waals surface area contributed by atoms with E-state index < -0.39 is 5.60 Å². The zero-order chi connectivity index (χ0) is 23.3. The Bertz CT molecular complexity index is 1200. The lowest BCUT2D eigenvalue weighted by Gasteiger charge is -2.80. The molecule has 176 valence electrons. The molecule has 3 atom stereocenters. The van der Waals surface area contributed by atoms with Crippen molar-refractivity contribution in [2.24, 2.45) is 0 Å². The van der Waals surface area contributed by atoms with Gasteiger partial charge in [-0.3, -0.25) is 4.90 Å². The van der Waals surface area contributed by atoms with Crippen molar-refractivity contribution in [2.45, 2.75) is 82.1 Å². The largest absolute Gasteiger partial charge is 0.444 e. The number of amides is 1. The van der Waals surface area contributed by atoms with Crippen LogP contribution in [0, 0.1) is 5.82 Å². The summed E-state index contributed by atoms with van der Waals surface area (Å²) in [5.41, 5.74) is 1.42. The molecule has 1 aliphatic carbocycles. The second-order valence-electron chi connectivity index (χ2n) is 10.1. The molecular weight excluding hydrogens is 511 g/mol. The summed E-state index contributed by atoms with van der Waals surface area (Å²) in [5, 5.41) is 1.32. The molecule has 10 heteroatoms. The van der Waals surface area contributed by atoms with Gasteiger partial charge in [0.25, 0.3) is 0 Å². The number of hydrogen-bond acceptors (Lipinski definition) is 7. The third kappa shape index (κ3) is 2.86. The lowest BCUT2D eigenvalue weighted by molar-refractivity contribution is -0.166. The fourth-order valence-corrected chi connectivity index (χ4v) is 6.98. The second kappa shape index (κ2) is 7.18. The highest BCUT2D eigenvalue weighted by atomic mass is 79.9. The number of carbonyl (C=O) groups is 1. The van der Waals surface area contributed by atoms with E-state index in [1.165, 1.54) is 11.8 Å². The molecule has 1 aromatic carbocycles. The molecule has 4 heterocycles. The Kier molecular flexibility index (Phi) is 4.75. The van der Waals surface area contributed by atoms with Crippen molar-refractivity contribution >= 4 is 50.5 Å². The van der Waals surface area contributed by atoms with E-state index in [0.29, 0.717) is 34.9 Å². The topological polar surface area (TPSA) is 67.8 Å². The van der Waals surface area contributed by atoms with Crippen molar-refractivity contribution in [3.63, 3.8) is 0 Å². The minimum absolute atomic E-state index is 0.158. The Hall–Kier alpha value is -1.65. The zero-order valence-corrected chi connectivity index (χ0v) is 21.5. The monoisotopic (exact) mass is 536 g/mol. The molecule has 6 rings (SSSR count). The first-order valence-electron chi connectivity index (χ1n) is 11.4. The van der Waals surface area contributed by atoms with Crippen LogP contribution < -0.4 is 4.90 Å². The van der Waals surface area contributed by atoms with Gasteiger partial charge in [0.05, 0.1) is 40.7 Å². The van der Waals surface area contributed by atoms with Crippen LogP contribution in [0.5, 0.6) is 0 Å². The Morgan fingerprint density at radius 2 is 2.06 bits per heavy atom. The minimum atomic E-state index is -0.526. The number of anilines is 1. The van der Waals surface area contributed by atoms with Crippen LogP contribution in [-0.4, -0.2) is 56.5 Å². The molecule has 4 aliphatic rings. The van der Waals surface area contributed by atoms with E-state index >= 15 is 4.39 Å². The highest BCUT2D eigenvalue weighted by Gasteiger charge is 2.77. The summed E-state index contributed by atoms with van der Waals surface area (Å²) < 4.78 is 27.2. The number of halogens is 2. The number of nitrogens with zero attached hydrogens (tertiary/aromatic N) is 4. The average Bonchev–Trinajstić information content (AvgIpc) is 3.18. The molecule has 3 aliphatic heterocycles. The number of hydrogen-bond donors (Lipinski definition) is 0. The Morgan fingerprint density at radius 3 is 2.70 bits per heavy atom. The fraction of sp³-hybridized carbons (Fsp3) is 0.609. The van der Waals surface area contributed by atoms with E-state index in [0.717, 1.165) is 40.9 Å². The SMILES string of the molecule is CCSc1nc(N2C3CCC34C2CN4C(=O)OC(C)(C)C)c2c3c(c(Br)c(F)c2n1)COC3.